The molecule has 1 N–H and O–H groups in total. The highest BCUT2D eigenvalue weighted by Gasteiger charge is 2.26. The molecule has 32 heavy (non-hydrogen) atoms. The van der Waals surface area contributed by atoms with Gasteiger partial charge in [0.25, 0.3) is 5.91 Å². The summed E-state index contributed by atoms with van der Waals surface area (Å²) in [6, 6.07) is 7.34. The lowest BCUT2D eigenvalue weighted by Crippen LogP contribution is -2.32. The van der Waals surface area contributed by atoms with Gasteiger partial charge in [-0.3, -0.25) is 4.79 Å². The summed E-state index contributed by atoms with van der Waals surface area (Å²) in [5.41, 5.74) is 0.395. The molecule has 3 rings (SSSR count). The minimum Gasteiger partial charge on any atom is -0.452 e. The van der Waals surface area contributed by atoms with E-state index in [2.05, 4.69) is 10.3 Å². The van der Waals surface area contributed by atoms with Gasteiger partial charge in [0.15, 0.2) is 6.61 Å². The number of amides is 1. The molecule has 1 saturated heterocycles. The van der Waals surface area contributed by atoms with Crippen molar-refractivity contribution >= 4 is 50.9 Å². The Labute approximate surface area is 196 Å². The zero-order chi connectivity index (χ0) is 23.1. The fraction of sp³-hybridized carbons (Fsp3) is 0.381. The van der Waals surface area contributed by atoms with E-state index in [4.69, 9.17) is 16.3 Å². The summed E-state index contributed by atoms with van der Waals surface area (Å²) in [5.74, 6) is -1.32. The Kier molecular flexibility index (Phi) is 8.52. The number of halogens is 1. The third kappa shape index (κ3) is 6.00. The topological polar surface area (TPSA) is 106 Å². The molecule has 8 nitrogen and oxygen atoms in total. The van der Waals surface area contributed by atoms with Crippen LogP contribution in [0.15, 0.2) is 46.5 Å². The molecule has 2 aromatic rings. The normalized spacial score (nSPS) is 15.1. The van der Waals surface area contributed by atoms with E-state index in [9.17, 15) is 18.0 Å². The molecule has 0 aliphatic carbocycles. The highest BCUT2D eigenvalue weighted by molar-refractivity contribution is 7.98. The number of carbonyl (C=O) groups is 2. The van der Waals surface area contributed by atoms with E-state index >= 15 is 0 Å². The molecule has 1 aromatic carbocycles. The maximum absolute atomic E-state index is 13.0. The van der Waals surface area contributed by atoms with Crippen molar-refractivity contribution in [3.05, 3.63) is 47.1 Å². The van der Waals surface area contributed by atoms with Gasteiger partial charge in [0.05, 0.1) is 21.2 Å². The van der Waals surface area contributed by atoms with Crippen LogP contribution in [0.5, 0.6) is 0 Å². The van der Waals surface area contributed by atoms with Crippen LogP contribution in [0.4, 0.5) is 5.69 Å². The lowest BCUT2D eigenvalue weighted by atomic mass is 10.2. The Morgan fingerprint density at radius 2 is 1.91 bits per heavy atom. The molecule has 0 bridgehead atoms. The summed E-state index contributed by atoms with van der Waals surface area (Å²) < 4.78 is 32.6. The smallest absolute Gasteiger partial charge is 0.341 e. The lowest BCUT2D eigenvalue weighted by Gasteiger charge is -2.20. The van der Waals surface area contributed by atoms with Crippen molar-refractivity contribution in [3.8, 4) is 0 Å². The number of rotatable bonds is 7. The van der Waals surface area contributed by atoms with E-state index < -0.39 is 28.5 Å². The summed E-state index contributed by atoms with van der Waals surface area (Å²) in [7, 11) is -3.70. The Balaban J connectivity index is 1.68. The molecule has 1 amide bonds. The summed E-state index contributed by atoms with van der Waals surface area (Å²) in [4.78, 5) is 28.7. The molecule has 0 unspecified atom stereocenters. The molecule has 0 radical (unpaired) electrons. The van der Waals surface area contributed by atoms with Crippen LogP contribution in [0.3, 0.4) is 0 Å². The van der Waals surface area contributed by atoms with Crippen molar-refractivity contribution in [2.75, 3.05) is 31.3 Å². The second-order valence-corrected chi connectivity index (χ2v) is 10.3. The number of anilines is 1. The predicted octanol–water partition coefficient (Wildman–Crippen LogP) is 3.82. The van der Waals surface area contributed by atoms with Gasteiger partial charge in [-0.15, -0.1) is 11.8 Å². The molecule has 0 spiro atoms. The first-order valence-corrected chi connectivity index (χ1v) is 13.1. The Hall–Kier alpha value is -2.14. The van der Waals surface area contributed by atoms with Gasteiger partial charge >= 0.3 is 5.97 Å². The minimum absolute atomic E-state index is 0.0519. The maximum atomic E-state index is 13.0. The van der Waals surface area contributed by atoms with Crippen LogP contribution in [-0.2, 0) is 19.6 Å². The molecule has 1 aliphatic heterocycles. The Morgan fingerprint density at radius 1 is 1.19 bits per heavy atom. The first kappa shape index (κ1) is 24.5. The first-order valence-electron chi connectivity index (χ1n) is 10.1. The molecule has 1 fully saturated rings. The molecule has 2 heterocycles. The van der Waals surface area contributed by atoms with Crippen LogP contribution in [0, 0.1) is 0 Å². The number of aromatic nitrogens is 1. The van der Waals surface area contributed by atoms with Gasteiger partial charge in [0.1, 0.15) is 5.03 Å². The van der Waals surface area contributed by atoms with Gasteiger partial charge in [-0.05, 0) is 49.4 Å². The van der Waals surface area contributed by atoms with Crippen molar-refractivity contribution in [3.63, 3.8) is 0 Å². The van der Waals surface area contributed by atoms with Crippen LogP contribution in [0.25, 0.3) is 0 Å². The largest absolute Gasteiger partial charge is 0.452 e. The van der Waals surface area contributed by atoms with Gasteiger partial charge in [-0.1, -0.05) is 24.4 Å². The summed E-state index contributed by atoms with van der Waals surface area (Å²) in [5, 5.41) is 3.19. The number of hydrogen-bond acceptors (Lipinski definition) is 7. The number of carbonyl (C=O) groups excluding carboxylic acids is 2. The van der Waals surface area contributed by atoms with E-state index in [1.54, 1.807) is 24.6 Å². The summed E-state index contributed by atoms with van der Waals surface area (Å²) >= 11 is 7.45. The second-order valence-electron chi connectivity index (χ2n) is 7.14. The van der Waals surface area contributed by atoms with Crippen LogP contribution in [0.1, 0.15) is 36.0 Å². The Bertz CT molecular complexity index is 1090. The average Bonchev–Trinajstić information content (AvgIpc) is 3.09. The SMILES string of the molecule is CSc1ncccc1C(=O)OCC(=O)Nc1cc(S(=O)(=O)N2CCCCCC2)ccc1Cl. The quantitative estimate of drug-likeness (QED) is 0.458. The molecule has 1 aliphatic rings. The molecule has 1 aromatic heterocycles. The van der Waals surface area contributed by atoms with Crippen molar-refractivity contribution in [1.29, 1.82) is 0 Å². The van der Waals surface area contributed by atoms with E-state index in [1.165, 1.54) is 34.3 Å². The second kappa shape index (κ2) is 11.1. The lowest BCUT2D eigenvalue weighted by molar-refractivity contribution is -0.119. The van der Waals surface area contributed by atoms with E-state index in [0.717, 1.165) is 25.7 Å². The predicted molar refractivity (Wildman–Crippen MR) is 124 cm³/mol. The molecule has 11 heteroatoms. The van der Waals surface area contributed by atoms with Crippen LogP contribution >= 0.6 is 23.4 Å². The number of hydrogen-bond donors (Lipinski definition) is 1. The number of esters is 1. The van der Waals surface area contributed by atoms with Gasteiger partial charge < -0.3 is 10.1 Å². The standard InChI is InChI=1S/C21H24ClN3O5S2/c1-31-20-16(7-6-10-23-20)21(27)30-14-19(26)24-18-13-15(8-9-17(18)22)32(28,29)25-11-4-2-3-5-12-25/h6-10,13H,2-5,11-12,14H2,1H3,(H,24,26). The van der Waals surface area contributed by atoms with Crippen molar-refractivity contribution in [2.24, 2.45) is 0 Å². The highest BCUT2D eigenvalue weighted by atomic mass is 35.5. The maximum Gasteiger partial charge on any atom is 0.341 e. The number of nitrogens with one attached hydrogen (secondary N) is 1. The summed E-state index contributed by atoms with van der Waals surface area (Å²) in [6.45, 7) is 0.380. The number of thioether (sulfide) groups is 1. The first-order chi connectivity index (χ1) is 15.3. The van der Waals surface area contributed by atoms with E-state index in [1.807, 2.05) is 0 Å². The Morgan fingerprint density at radius 3 is 2.59 bits per heavy atom. The molecule has 0 atom stereocenters. The van der Waals surface area contributed by atoms with Crippen molar-refractivity contribution < 1.29 is 22.7 Å². The van der Waals surface area contributed by atoms with E-state index in [0.29, 0.717) is 18.1 Å². The average molecular weight is 498 g/mol. The van der Waals surface area contributed by atoms with Crippen molar-refractivity contribution in [1.82, 2.24) is 9.29 Å². The zero-order valence-electron chi connectivity index (χ0n) is 17.5. The van der Waals surface area contributed by atoms with Crippen LogP contribution in [0.2, 0.25) is 5.02 Å². The fourth-order valence-electron chi connectivity index (χ4n) is 3.30. The number of nitrogens with zero attached hydrogens (tertiary/aromatic N) is 2. The number of sulfonamides is 1. The number of ether oxygens (including phenoxy) is 1. The number of benzene rings is 1. The van der Waals surface area contributed by atoms with Gasteiger partial charge in [-0.25, -0.2) is 18.2 Å². The highest BCUT2D eigenvalue weighted by Crippen LogP contribution is 2.28. The molecule has 172 valence electrons. The van der Waals surface area contributed by atoms with Gasteiger partial charge in [0.2, 0.25) is 10.0 Å². The van der Waals surface area contributed by atoms with Crippen LogP contribution in [-0.4, -0.2) is 55.5 Å². The van der Waals surface area contributed by atoms with Crippen molar-refractivity contribution in [2.45, 2.75) is 35.6 Å². The third-order valence-electron chi connectivity index (χ3n) is 4.93. The number of pyridine rings is 1. The van der Waals surface area contributed by atoms with Gasteiger partial charge in [0, 0.05) is 19.3 Å². The molecule has 0 saturated carbocycles. The zero-order valence-corrected chi connectivity index (χ0v) is 19.9. The fourth-order valence-corrected chi connectivity index (χ4v) is 5.54. The van der Waals surface area contributed by atoms with E-state index in [-0.39, 0.29) is 21.2 Å². The minimum atomic E-state index is -3.70. The third-order valence-corrected chi connectivity index (χ3v) is 7.87. The monoisotopic (exact) mass is 497 g/mol. The molecular weight excluding hydrogens is 474 g/mol. The van der Waals surface area contributed by atoms with Crippen LogP contribution < -0.4 is 5.32 Å². The summed E-state index contributed by atoms with van der Waals surface area (Å²) in [6.07, 6.45) is 6.98. The molecular formula is C21H24ClN3O5S2. The van der Waals surface area contributed by atoms with Gasteiger partial charge in [-0.2, -0.15) is 4.31 Å².